The average Bonchev–Trinajstić information content (AvgIpc) is 3.52. The Labute approximate surface area is 212 Å². The van der Waals surface area contributed by atoms with Crippen LogP contribution in [0.4, 0.5) is 4.39 Å². The number of nitrogens with zero attached hydrogens (tertiary/aromatic N) is 5. The summed E-state index contributed by atoms with van der Waals surface area (Å²) < 4.78 is 15.4. The van der Waals surface area contributed by atoms with E-state index in [1.807, 2.05) is 51.2 Å². The lowest BCUT2D eigenvalue weighted by Crippen LogP contribution is -2.64. The smallest absolute Gasteiger partial charge is 0.282 e. The van der Waals surface area contributed by atoms with Crippen molar-refractivity contribution in [2.45, 2.75) is 6.04 Å². The molecule has 0 spiro atoms. The number of amides is 2. The van der Waals surface area contributed by atoms with E-state index in [1.54, 1.807) is 18.3 Å². The maximum absolute atomic E-state index is 13.4. The number of rotatable bonds is 4. The van der Waals surface area contributed by atoms with Crippen molar-refractivity contribution in [3.8, 4) is 11.1 Å². The van der Waals surface area contributed by atoms with Crippen molar-refractivity contribution in [2.24, 2.45) is 7.05 Å². The summed E-state index contributed by atoms with van der Waals surface area (Å²) in [5.74, 6) is -0.213. The number of piperazine rings is 1. The van der Waals surface area contributed by atoms with Gasteiger partial charge in [0.15, 0.2) is 5.01 Å². The Morgan fingerprint density at radius 3 is 2.42 bits per heavy atom. The molecule has 7 nitrogen and oxygen atoms in total. The average molecular weight is 504 g/mol. The van der Waals surface area contributed by atoms with Crippen molar-refractivity contribution in [1.82, 2.24) is 24.3 Å². The topological polar surface area (TPSA) is 61.7 Å². The van der Waals surface area contributed by atoms with Crippen molar-refractivity contribution in [2.75, 3.05) is 39.3 Å². The summed E-state index contributed by atoms with van der Waals surface area (Å²) in [5, 5.41) is 3.40. The SMILES string of the molecule is Cn1cc(-c2ccc(F)cc2)c2ccc(C(=O)N3CC(N4CCN(C(=O)c5nccs5)CC4)C3)cc21. The number of aromatic nitrogens is 2. The van der Waals surface area contributed by atoms with E-state index in [4.69, 9.17) is 0 Å². The Hall–Kier alpha value is -3.56. The van der Waals surface area contributed by atoms with Crippen LogP contribution in [-0.2, 0) is 7.05 Å². The van der Waals surface area contributed by atoms with Crippen LogP contribution >= 0.6 is 11.3 Å². The van der Waals surface area contributed by atoms with Gasteiger partial charge in [0.1, 0.15) is 5.82 Å². The second-order valence-corrected chi connectivity index (χ2v) is 10.3. The van der Waals surface area contributed by atoms with Crippen molar-refractivity contribution >= 4 is 34.1 Å². The number of thiazole rings is 1. The van der Waals surface area contributed by atoms with Gasteiger partial charge in [-0.25, -0.2) is 9.37 Å². The van der Waals surface area contributed by atoms with Gasteiger partial charge in [-0.2, -0.15) is 0 Å². The predicted octanol–water partition coefficient (Wildman–Crippen LogP) is 3.72. The van der Waals surface area contributed by atoms with E-state index in [9.17, 15) is 14.0 Å². The van der Waals surface area contributed by atoms with Crippen LogP contribution in [0, 0.1) is 5.82 Å². The second-order valence-electron chi connectivity index (χ2n) is 9.42. The predicted molar refractivity (Wildman–Crippen MR) is 138 cm³/mol. The van der Waals surface area contributed by atoms with Crippen LogP contribution in [0.5, 0.6) is 0 Å². The van der Waals surface area contributed by atoms with Crippen LogP contribution in [0.3, 0.4) is 0 Å². The zero-order valence-corrected chi connectivity index (χ0v) is 20.7. The number of aryl methyl sites for hydroxylation is 1. The van der Waals surface area contributed by atoms with Crippen LogP contribution in [-0.4, -0.2) is 81.4 Å². The second kappa shape index (κ2) is 9.15. The molecule has 0 saturated carbocycles. The minimum absolute atomic E-state index is 0.00807. The van der Waals surface area contributed by atoms with Gasteiger partial charge in [-0.15, -0.1) is 11.3 Å². The highest BCUT2D eigenvalue weighted by molar-refractivity contribution is 7.11. The highest BCUT2D eigenvalue weighted by atomic mass is 32.1. The molecule has 0 aliphatic carbocycles. The van der Waals surface area contributed by atoms with E-state index in [-0.39, 0.29) is 17.6 Å². The number of hydrogen-bond acceptors (Lipinski definition) is 5. The van der Waals surface area contributed by atoms with Crippen LogP contribution < -0.4 is 0 Å². The highest BCUT2D eigenvalue weighted by Crippen LogP contribution is 2.31. The lowest BCUT2D eigenvalue weighted by Gasteiger charge is -2.48. The van der Waals surface area contributed by atoms with Gasteiger partial charge in [0.25, 0.3) is 11.8 Å². The Morgan fingerprint density at radius 2 is 1.72 bits per heavy atom. The number of likely N-dealkylation sites (tertiary alicyclic amines) is 1. The fourth-order valence-corrected chi connectivity index (χ4v) is 5.77. The van der Waals surface area contributed by atoms with Crippen molar-refractivity contribution in [3.05, 3.63) is 76.6 Å². The standard InChI is InChI=1S/C27H26FN5O2S/c1-30-17-23(18-2-5-20(28)6-3-18)22-7-4-19(14-24(22)30)26(34)33-15-21(16-33)31-9-11-32(12-10-31)27(35)25-29-8-13-36-25/h2-8,13-14,17,21H,9-12,15-16H2,1H3. The van der Waals surface area contributed by atoms with Gasteiger partial charge < -0.3 is 14.4 Å². The molecule has 2 aromatic heterocycles. The largest absolute Gasteiger partial charge is 0.350 e. The molecule has 2 amide bonds. The molecule has 2 aliphatic heterocycles. The van der Waals surface area contributed by atoms with E-state index in [0.717, 1.165) is 35.1 Å². The molecule has 0 radical (unpaired) electrons. The molecule has 0 unspecified atom stereocenters. The van der Waals surface area contributed by atoms with Gasteiger partial charge in [0.05, 0.1) is 0 Å². The third-order valence-electron chi connectivity index (χ3n) is 7.28. The van der Waals surface area contributed by atoms with E-state index in [1.165, 1.54) is 23.5 Å². The van der Waals surface area contributed by atoms with Crippen molar-refractivity contribution < 1.29 is 14.0 Å². The molecule has 6 rings (SSSR count). The minimum atomic E-state index is -0.259. The summed E-state index contributed by atoms with van der Waals surface area (Å²) in [5.41, 5.74) is 3.60. The van der Waals surface area contributed by atoms with Gasteiger partial charge in [-0.3, -0.25) is 14.5 Å². The van der Waals surface area contributed by atoms with Gasteiger partial charge in [-0.1, -0.05) is 18.2 Å². The third-order valence-corrected chi connectivity index (χ3v) is 8.04. The van der Waals surface area contributed by atoms with Crippen LogP contribution in [0.1, 0.15) is 20.2 Å². The molecule has 36 heavy (non-hydrogen) atoms. The number of hydrogen-bond donors (Lipinski definition) is 0. The molecule has 9 heteroatoms. The Kier molecular flexibility index (Phi) is 5.81. The lowest BCUT2D eigenvalue weighted by molar-refractivity contribution is 0.00854. The summed E-state index contributed by atoms with van der Waals surface area (Å²) in [7, 11) is 1.96. The molecule has 2 aliphatic rings. The molecule has 2 saturated heterocycles. The van der Waals surface area contributed by atoms with E-state index < -0.39 is 0 Å². The van der Waals surface area contributed by atoms with Crippen molar-refractivity contribution in [1.29, 1.82) is 0 Å². The molecule has 184 valence electrons. The Bertz CT molecular complexity index is 1420. The fraction of sp³-hybridized carbons (Fsp3) is 0.296. The molecule has 0 atom stereocenters. The number of carbonyl (C=O) groups excluding carboxylic acids is 2. The monoisotopic (exact) mass is 503 g/mol. The van der Waals surface area contributed by atoms with Crippen LogP contribution in [0.15, 0.2) is 60.2 Å². The molecular formula is C27H26FN5O2S. The minimum Gasteiger partial charge on any atom is -0.350 e. The van der Waals surface area contributed by atoms with Crippen molar-refractivity contribution in [3.63, 3.8) is 0 Å². The summed E-state index contributed by atoms with van der Waals surface area (Å²) >= 11 is 1.38. The van der Waals surface area contributed by atoms with Crippen LogP contribution in [0.2, 0.25) is 0 Å². The third kappa shape index (κ3) is 4.08. The summed E-state index contributed by atoms with van der Waals surface area (Å²) in [6, 6.07) is 12.6. The van der Waals surface area contributed by atoms with Crippen LogP contribution in [0.25, 0.3) is 22.0 Å². The quantitative estimate of drug-likeness (QED) is 0.426. The summed E-state index contributed by atoms with van der Waals surface area (Å²) in [6.45, 7) is 4.39. The number of fused-ring (bicyclic) bond motifs is 1. The first-order valence-electron chi connectivity index (χ1n) is 12.0. The number of benzene rings is 2. The van der Waals surface area contributed by atoms with E-state index in [0.29, 0.717) is 42.8 Å². The molecule has 2 fully saturated rings. The first kappa shape index (κ1) is 22.9. The molecule has 4 heterocycles. The molecule has 0 bridgehead atoms. The maximum Gasteiger partial charge on any atom is 0.282 e. The highest BCUT2D eigenvalue weighted by Gasteiger charge is 2.37. The fourth-order valence-electron chi connectivity index (χ4n) is 5.17. The summed E-state index contributed by atoms with van der Waals surface area (Å²) in [6.07, 6.45) is 3.68. The first-order chi connectivity index (χ1) is 17.5. The maximum atomic E-state index is 13.4. The molecule has 0 N–H and O–H groups in total. The zero-order valence-electron chi connectivity index (χ0n) is 19.9. The summed E-state index contributed by atoms with van der Waals surface area (Å²) in [4.78, 5) is 36.0. The first-order valence-corrected chi connectivity index (χ1v) is 12.9. The normalized spacial score (nSPS) is 16.9. The Morgan fingerprint density at radius 1 is 0.972 bits per heavy atom. The lowest BCUT2D eigenvalue weighted by atomic mass is 10.0. The number of carbonyl (C=O) groups is 2. The van der Waals surface area contributed by atoms with Gasteiger partial charge in [0.2, 0.25) is 0 Å². The van der Waals surface area contributed by atoms with E-state index >= 15 is 0 Å². The van der Waals surface area contributed by atoms with Gasteiger partial charge in [-0.05, 0) is 29.8 Å². The molecular weight excluding hydrogens is 477 g/mol. The molecule has 4 aromatic rings. The number of halogens is 1. The molecule has 2 aromatic carbocycles. The zero-order chi connectivity index (χ0) is 24.8. The van der Waals surface area contributed by atoms with Gasteiger partial charge in [0, 0.05) is 92.2 Å². The van der Waals surface area contributed by atoms with E-state index in [2.05, 4.69) is 9.88 Å². The Balaban J connectivity index is 1.09. The van der Waals surface area contributed by atoms with Gasteiger partial charge >= 0.3 is 0 Å².